The van der Waals surface area contributed by atoms with Crippen LogP contribution in [0.1, 0.15) is 47.5 Å². The Morgan fingerprint density at radius 3 is 2.65 bits per heavy atom. The lowest BCUT2D eigenvalue weighted by molar-refractivity contribution is -0.385. The van der Waals surface area contributed by atoms with Crippen LogP contribution in [0, 0.1) is 30.9 Å². The first-order chi connectivity index (χ1) is 14.8. The van der Waals surface area contributed by atoms with Crippen molar-refractivity contribution in [1.29, 1.82) is 0 Å². The fourth-order valence-electron chi connectivity index (χ4n) is 4.16. The highest BCUT2D eigenvalue weighted by Gasteiger charge is 2.17. The fraction of sp³-hybridized carbons (Fsp3) is 0.333. The van der Waals surface area contributed by atoms with Crippen LogP contribution < -0.4 is 10.6 Å². The topological polar surface area (TPSA) is 93.0 Å². The number of nitrogens with one attached hydrogen (secondary N) is 2. The summed E-state index contributed by atoms with van der Waals surface area (Å²) in [5.74, 6) is 1.43. The van der Waals surface area contributed by atoms with Crippen molar-refractivity contribution in [1.82, 2.24) is 15.3 Å². The van der Waals surface area contributed by atoms with Gasteiger partial charge in [0.15, 0.2) is 0 Å². The minimum Gasteiger partial charge on any atom is -0.363 e. The molecule has 0 saturated heterocycles. The predicted octanol–water partition coefficient (Wildman–Crippen LogP) is 5.01. The standard InChI is InChI=1S/C24H27N5O2/c1-14-9-19(12-20(10-14)29(30)31)16(3)26-24-22-13-21(18-5-7-25-8-6-18)15(2)11-23(22)27-17(4)28-24/h5,9-13,16,25H,6-8H2,1-4H3,(H,26,27,28)/t16-/m1/s1. The van der Waals surface area contributed by atoms with E-state index < -0.39 is 0 Å². The van der Waals surface area contributed by atoms with E-state index in [1.54, 1.807) is 12.1 Å². The SMILES string of the molecule is Cc1cc([C@@H](C)Nc2nc(C)nc3cc(C)c(C4=CCNCC4)cc23)cc([N+](=O)[O-])c1. The molecule has 2 N–H and O–H groups in total. The first-order valence-corrected chi connectivity index (χ1v) is 10.5. The van der Waals surface area contributed by atoms with Crippen LogP contribution in [-0.4, -0.2) is 28.0 Å². The molecule has 0 saturated carbocycles. The normalized spacial score (nSPS) is 14.9. The van der Waals surface area contributed by atoms with Crippen LogP contribution in [0.5, 0.6) is 0 Å². The second-order valence-corrected chi connectivity index (χ2v) is 8.21. The molecule has 31 heavy (non-hydrogen) atoms. The lowest BCUT2D eigenvalue weighted by Crippen LogP contribution is -2.20. The van der Waals surface area contributed by atoms with E-state index in [0.717, 1.165) is 47.4 Å². The number of nitro benzene ring substituents is 1. The first-order valence-electron chi connectivity index (χ1n) is 10.5. The molecule has 0 fully saturated rings. The van der Waals surface area contributed by atoms with E-state index in [9.17, 15) is 10.1 Å². The quantitative estimate of drug-likeness (QED) is 0.448. The highest BCUT2D eigenvalue weighted by molar-refractivity contribution is 5.93. The summed E-state index contributed by atoms with van der Waals surface area (Å²) in [6.45, 7) is 9.72. The highest BCUT2D eigenvalue weighted by atomic mass is 16.6. The van der Waals surface area contributed by atoms with Gasteiger partial charge in [-0.25, -0.2) is 9.97 Å². The third-order valence-corrected chi connectivity index (χ3v) is 5.71. The van der Waals surface area contributed by atoms with E-state index in [1.807, 2.05) is 26.8 Å². The molecule has 1 aliphatic heterocycles. The number of nitro groups is 1. The van der Waals surface area contributed by atoms with Crippen molar-refractivity contribution < 1.29 is 4.92 Å². The number of fused-ring (bicyclic) bond motifs is 1. The lowest BCUT2D eigenvalue weighted by atomic mass is 9.94. The maximum Gasteiger partial charge on any atom is 0.270 e. The minimum absolute atomic E-state index is 0.100. The van der Waals surface area contributed by atoms with Gasteiger partial charge >= 0.3 is 0 Å². The molecule has 4 rings (SSSR count). The first kappa shape index (κ1) is 20.9. The van der Waals surface area contributed by atoms with Crippen LogP contribution in [0.2, 0.25) is 0 Å². The van der Waals surface area contributed by atoms with E-state index >= 15 is 0 Å². The second kappa shape index (κ2) is 8.43. The van der Waals surface area contributed by atoms with E-state index in [2.05, 4.69) is 45.7 Å². The smallest absolute Gasteiger partial charge is 0.270 e. The summed E-state index contributed by atoms with van der Waals surface area (Å²) in [6.07, 6.45) is 3.24. The van der Waals surface area contributed by atoms with Gasteiger partial charge in [-0.3, -0.25) is 10.1 Å². The molecule has 0 bridgehead atoms. The number of aromatic nitrogens is 2. The number of rotatable bonds is 5. The van der Waals surface area contributed by atoms with E-state index in [-0.39, 0.29) is 16.7 Å². The van der Waals surface area contributed by atoms with Gasteiger partial charge in [0, 0.05) is 24.1 Å². The summed E-state index contributed by atoms with van der Waals surface area (Å²) in [7, 11) is 0. The molecule has 7 nitrogen and oxygen atoms in total. The summed E-state index contributed by atoms with van der Waals surface area (Å²) in [4.78, 5) is 20.2. The average Bonchev–Trinajstić information content (AvgIpc) is 2.73. The van der Waals surface area contributed by atoms with Gasteiger partial charge in [0.05, 0.1) is 16.5 Å². The van der Waals surface area contributed by atoms with Crippen molar-refractivity contribution in [2.24, 2.45) is 0 Å². The van der Waals surface area contributed by atoms with Crippen molar-refractivity contribution >= 4 is 28.0 Å². The summed E-state index contributed by atoms with van der Waals surface area (Å²) in [5, 5.41) is 19.1. The van der Waals surface area contributed by atoms with Crippen LogP contribution in [0.25, 0.3) is 16.5 Å². The summed E-state index contributed by atoms with van der Waals surface area (Å²) >= 11 is 0. The van der Waals surface area contributed by atoms with Gasteiger partial charge in [-0.2, -0.15) is 0 Å². The summed E-state index contributed by atoms with van der Waals surface area (Å²) in [6, 6.07) is 9.32. The van der Waals surface area contributed by atoms with E-state index in [0.29, 0.717) is 5.82 Å². The van der Waals surface area contributed by atoms with E-state index in [1.165, 1.54) is 16.7 Å². The monoisotopic (exact) mass is 417 g/mol. The van der Waals surface area contributed by atoms with Gasteiger partial charge in [-0.1, -0.05) is 12.1 Å². The molecule has 1 aliphatic rings. The number of nitrogens with zero attached hydrogens (tertiary/aromatic N) is 3. The Hall–Kier alpha value is -3.32. The van der Waals surface area contributed by atoms with Crippen molar-refractivity contribution in [3.63, 3.8) is 0 Å². The third kappa shape index (κ3) is 4.41. The zero-order valence-electron chi connectivity index (χ0n) is 18.3. The Labute approximate surface area is 181 Å². The second-order valence-electron chi connectivity index (χ2n) is 8.21. The molecule has 7 heteroatoms. The van der Waals surface area contributed by atoms with Crippen molar-refractivity contribution in [3.8, 4) is 0 Å². The molecule has 1 atom stereocenters. The van der Waals surface area contributed by atoms with Crippen LogP contribution in [0.4, 0.5) is 11.5 Å². The van der Waals surface area contributed by atoms with Crippen LogP contribution >= 0.6 is 0 Å². The molecule has 2 aromatic carbocycles. The summed E-state index contributed by atoms with van der Waals surface area (Å²) in [5.41, 5.74) is 6.47. The Morgan fingerprint density at radius 1 is 1.13 bits per heavy atom. The van der Waals surface area contributed by atoms with Crippen LogP contribution in [-0.2, 0) is 0 Å². The fourth-order valence-corrected chi connectivity index (χ4v) is 4.16. The van der Waals surface area contributed by atoms with Gasteiger partial charge in [-0.05, 0) is 80.6 Å². The third-order valence-electron chi connectivity index (χ3n) is 5.71. The number of hydrogen-bond acceptors (Lipinski definition) is 6. The molecule has 0 radical (unpaired) electrons. The molecular weight excluding hydrogens is 390 g/mol. The van der Waals surface area contributed by atoms with Crippen molar-refractivity contribution in [2.75, 3.05) is 18.4 Å². The van der Waals surface area contributed by atoms with Crippen LogP contribution in [0.15, 0.2) is 36.4 Å². The Morgan fingerprint density at radius 2 is 1.94 bits per heavy atom. The number of benzene rings is 2. The van der Waals surface area contributed by atoms with Crippen molar-refractivity contribution in [3.05, 3.63) is 74.6 Å². The maximum atomic E-state index is 11.3. The molecule has 0 spiro atoms. The molecule has 2 heterocycles. The molecule has 0 amide bonds. The zero-order valence-corrected chi connectivity index (χ0v) is 18.3. The molecule has 0 unspecified atom stereocenters. The Bertz CT molecular complexity index is 1200. The predicted molar refractivity (Wildman–Crippen MR) is 124 cm³/mol. The number of non-ortho nitro benzene ring substituents is 1. The van der Waals surface area contributed by atoms with Gasteiger partial charge in [0.1, 0.15) is 11.6 Å². The highest BCUT2D eigenvalue weighted by Crippen LogP contribution is 2.32. The minimum atomic E-state index is -0.352. The maximum absolute atomic E-state index is 11.3. The Kier molecular flexibility index (Phi) is 5.69. The summed E-state index contributed by atoms with van der Waals surface area (Å²) < 4.78 is 0. The molecular formula is C24H27N5O2. The number of aryl methyl sites for hydroxylation is 3. The van der Waals surface area contributed by atoms with Crippen molar-refractivity contribution in [2.45, 2.75) is 40.2 Å². The van der Waals surface area contributed by atoms with Gasteiger partial charge in [0.25, 0.3) is 5.69 Å². The molecule has 0 aliphatic carbocycles. The molecule has 1 aromatic heterocycles. The zero-order chi connectivity index (χ0) is 22.1. The van der Waals surface area contributed by atoms with Gasteiger partial charge in [-0.15, -0.1) is 0 Å². The largest absolute Gasteiger partial charge is 0.363 e. The Balaban J connectivity index is 1.76. The van der Waals surface area contributed by atoms with E-state index in [4.69, 9.17) is 0 Å². The number of anilines is 1. The van der Waals surface area contributed by atoms with Gasteiger partial charge in [0.2, 0.25) is 0 Å². The van der Waals surface area contributed by atoms with Crippen LogP contribution in [0.3, 0.4) is 0 Å². The lowest BCUT2D eigenvalue weighted by Gasteiger charge is -2.20. The number of hydrogen-bond donors (Lipinski definition) is 2. The molecule has 3 aromatic rings. The average molecular weight is 418 g/mol. The van der Waals surface area contributed by atoms with Gasteiger partial charge < -0.3 is 10.6 Å². The molecule has 160 valence electrons.